The number of thiocarbonyl (C=S) groups is 1. The summed E-state index contributed by atoms with van der Waals surface area (Å²) >= 11 is 5.44. The largest absolute Gasteiger partial charge is 0.508 e. The van der Waals surface area contributed by atoms with Crippen LogP contribution in [0.1, 0.15) is 37.7 Å². The van der Waals surface area contributed by atoms with E-state index in [9.17, 15) is 5.11 Å². The highest BCUT2D eigenvalue weighted by Gasteiger charge is 2.37. The van der Waals surface area contributed by atoms with E-state index in [1.807, 2.05) is 30.3 Å². The molecule has 2 aliphatic rings. The van der Waals surface area contributed by atoms with E-state index in [2.05, 4.69) is 22.2 Å². The Labute approximate surface area is 175 Å². The topological polar surface area (TPSA) is 74.8 Å². The molecule has 0 bridgehead atoms. The lowest BCUT2D eigenvalue weighted by molar-refractivity contribution is 0.0739. The molecule has 29 heavy (non-hydrogen) atoms. The summed E-state index contributed by atoms with van der Waals surface area (Å²) < 4.78 is 11.7. The number of fused-ring (bicyclic) bond motifs is 1. The molecule has 0 unspecified atom stereocenters. The highest BCUT2D eigenvalue weighted by Crippen LogP contribution is 2.42. The molecular formula is C22H25N3O3S. The highest BCUT2D eigenvalue weighted by atomic mass is 32.1. The number of phenols is 1. The summed E-state index contributed by atoms with van der Waals surface area (Å²) in [7, 11) is 1.62. The molecule has 2 aromatic carbocycles. The highest BCUT2D eigenvalue weighted by molar-refractivity contribution is 7.80. The van der Waals surface area contributed by atoms with Crippen LogP contribution >= 0.6 is 12.2 Å². The van der Waals surface area contributed by atoms with Crippen molar-refractivity contribution in [3.8, 4) is 17.2 Å². The van der Waals surface area contributed by atoms with Gasteiger partial charge in [-0.05, 0) is 74.3 Å². The summed E-state index contributed by atoms with van der Waals surface area (Å²) in [6.07, 6.45) is 7.57. The number of hydrogen-bond donors (Lipinski definition) is 4. The van der Waals surface area contributed by atoms with Crippen molar-refractivity contribution < 1.29 is 14.6 Å². The average Bonchev–Trinajstić information content (AvgIpc) is 2.73. The van der Waals surface area contributed by atoms with Gasteiger partial charge in [0.1, 0.15) is 22.8 Å². The van der Waals surface area contributed by atoms with E-state index in [1.54, 1.807) is 19.2 Å². The Balaban J connectivity index is 1.52. The van der Waals surface area contributed by atoms with Gasteiger partial charge in [-0.15, -0.1) is 0 Å². The van der Waals surface area contributed by atoms with E-state index in [1.165, 1.54) is 6.42 Å². The van der Waals surface area contributed by atoms with Gasteiger partial charge in [-0.3, -0.25) is 10.9 Å². The first-order valence-electron chi connectivity index (χ1n) is 9.80. The van der Waals surface area contributed by atoms with Crippen LogP contribution in [0.3, 0.4) is 0 Å². The number of hydrogen-bond acceptors (Lipinski definition) is 5. The number of benzene rings is 2. The number of methoxy groups -OCH3 is 1. The summed E-state index contributed by atoms with van der Waals surface area (Å²) in [6.45, 7) is 0. The molecular weight excluding hydrogens is 386 g/mol. The number of hydrazine groups is 1. The zero-order valence-electron chi connectivity index (χ0n) is 16.3. The number of para-hydroxylation sites is 2. The maximum atomic E-state index is 9.95. The first kappa shape index (κ1) is 19.4. The standard InChI is InChI=1S/C22H25N3O3S/c1-27-20-8-4-3-7-17(20)23-21(29)25-24-18-14-22(11-5-2-6-12-22)28-19-10-9-15(26)13-16(18)19/h3-4,7-10,13-14,24,26H,2,5-6,11-12H2,1H3,(H2,23,25,29). The van der Waals surface area contributed by atoms with Crippen molar-refractivity contribution in [2.24, 2.45) is 0 Å². The second-order valence-electron chi connectivity index (χ2n) is 7.37. The smallest absolute Gasteiger partial charge is 0.189 e. The molecule has 1 saturated carbocycles. The maximum absolute atomic E-state index is 9.95. The van der Waals surface area contributed by atoms with Crippen molar-refractivity contribution in [3.05, 3.63) is 54.1 Å². The number of ether oxygens (including phenoxy) is 2. The molecule has 6 nitrogen and oxygen atoms in total. The van der Waals surface area contributed by atoms with Gasteiger partial charge < -0.3 is 19.9 Å². The van der Waals surface area contributed by atoms with Crippen molar-refractivity contribution in [1.82, 2.24) is 10.9 Å². The monoisotopic (exact) mass is 411 g/mol. The molecule has 1 aliphatic carbocycles. The minimum absolute atomic E-state index is 0.189. The number of rotatable bonds is 4. The Hall–Kier alpha value is -2.93. The van der Waals surface area contributed by atoms with Crippen LogP contribution in [0.5, 0.6) is 17.2 Å². The average molecular weight is 412 g/mol. The number of phenolic OH excluding ortho intramolecular Hbond substituents is 1. The molecule has 1 heterocycles. The molecule has 0 aromatic heterocycles. The molecule has 1 aliphatic heterocycles. The zero-order chi connectivity index (χ0) is 20.3. The second kappa shape index (κ2) is 8.21. The van der Waals surface area contributed by atoms with Crippen LogP contribution < -0.4 is 25.6 Å². The van der Waals surface area contributed by atoms with Crippen molar-refractivity contribution in [1.29, 1.82) is 0 Å². The lowest BCUT2D eigenvalue weighted by Gasteiger charge is -2.39. The molecule has 7 heteroatoms. The van der Waals surface area contributed by atoms with Crippen molar-refractivity contribution in [2.45, 2.75) is 37.7 Å². The first-order chi connectivity index (χ1) is 14.1. The fraction of sp³-hybridized carbons (Fsp3) is 0.318. The first-order valence-corrected chi connectivity index (χ1v) is 10.2. The van der Waals surface area contributed by atoms with Crippen LogP contribution in [0.25, 0.3) is 5.70 Å². The molecule has 2 aromatic rings. The summed E-state index contributed by atoms with van der Waals surface area (Å²) in [4.78, 5) is 0. The van der Waals surface area contributed by atoms with E-state index in [0.29, 0.717) is 10.9 Å². The summed E-state index contributed by atoms with van der Waals surface area (Å²) in [6, 6.07) is 12.7. The number of aromatic hydroxyl groups is 1. The fourth-order valence-electron chi connectivity index (χ4n) is 3.93. The molecule has 0 amide bonds. The summed E-state index contributed by atoms with van der Waals surface area (Å²) in [5, 5.41) is 13.5. The summed E-state index contributed by atoms with van der Waals surface area (Å²) in [5.41, 5.74) is 8.35. The van der Waals surface area contributed by atoms with E-state index in [4.69, 9.17) is 21.7 Å². The minimum atomic E-state index is -0.316. The molecule has 0 radical (unpaired) electrons. The molecule has 1 fully saturated rings. The van der Waals surface area contributed by atoms with E-state index in [0.717, 1.165) is 48.4 Å². The van der Waals surface area contributed by atoms with Gasteiger partial charge in [0.05, 0.1) is 18.5 Å². The quantitative estimate of drug-likeness (QED) is 0.441. The number of anilines is 1. The van der Waals surface area contributed by atoms with Crippen molar-refractivity contribution >= 4 is 28.7 Å². The van der Waals surface area contributed by atoms with Crippen LogP contribution in [0.2, 0.25) is 0 Å². The van der Waals surface area contributed by atoms with Gasteiger partial charge in [0.25, 0.3) is 0 Å². The Morgan fingerprint density at radius 3 is 2.72 bits per heavy atom. The minimum Gasteiger partial charge on any atom is -0.508 e. The zero-order valence-corrected chi connectivity index (χ0v) is 17.1. The van der Waals surface area contributed by atoms with E-state index >= 15 is 0 Å². The second-order valence-corrected chi connectivity index (χ2v) is 7.78. The van der Waals surface area contributed by atoms with Gasteiger partial charge in [-0.1, -0.05) is 18.6 Å². The van der Waals surface area contributed by atoms with E-state index < -0.39 is 0 Å². The van der Waals surface area contributed by atoms with Crippen LogP contribution in [0, 0.1) is 0 Å². The fourth-order valence-corrected chi connectivity index (χ4v) is 4.09. The van der Waals surface area contributed by atoms with Crippen LogP contribution in [-0.4, -0.2) is 22.9 Å². The predicted octanol–water partition coefficient (Wildman–Crippen LogP) is 4.33. The molecule has 4 N–H and O–H groups in total. The number of nitrogens with one attached hydrogen (secondary N) is 3. The third kappa shape index (κ3) is 4.24. The molecule has 0 saturated heterocycles. The van der Waals surface area contributed by atoms with Gasteiger partial charge in [-0.2, -0.15) is 0 Å². The Kier molecular flexibility index (Phi) is 5.49. The molecule has 152 valence electrons. The van der Waals surface area contributed by atoms with Gasteiger partial charge in [-0.25, -0.2) is 0 Å². The lowest BCUT2D eigenvalue weighted by atomic mass is 9.82. The molecule has 0 atom stereocenters. The van der Waals surface area contributed by atoms with Gasteiger partial charge in [0.2, 0.25) is 0 Å². The van der Waals surface area contributed by atoms with Crippen LogP contribution in [0.4, 0.5) is 5.69 Å². The normalized spacial score (nSPS) is 16.8. The van der Waals surface area contributed by atoms with Crippen LogP contribution in [-0.2, 0) is 0 Å². The van der Waals surface area contributed by atoms with E-state index in [-0.39, 0.29) is 11.4 Å². The lowest BCUT2D eigenvalue weighted by Crippen LogP contribution is -2.44. The van der Waals surface area contributed by atoms with Crippen LogP contribution in [0.15, 0.2) is 48.5 Å². The third-order valence-corrected chi connectivity index (χ3v) is 5.54. The Bertz CT molecular complexity index is 939. The maximum Gasteiger partial charge on any atom is 0.189 e. The van der Waals surface area contributed by atoms with Gasteiger partial charge in [0.15, 0.2) is 5.11 Å². The SMILES string of the molecule is COc1ccccc1NC(=S)NNC1=CC2(CCCCC2)Oc2ccc(O)cc21. The Morgan fingerprint density at radius 1 is 1.14 bits per heavy atom. The van der Waals surface area contributed by atoms with Gasteiger partial charge in [0, 0.05) is 5.56 Å². The van der Waals surface area contributed by atoms with Crippen molar-refractivity contribution in [2.75, 3.05) is 12.4 Å². The third-order valence-electron chi connectivity index (χ3n) is 5.34. The molecule has 4 rings (SSSR count). The Morgan fingerprint density at radius 2 is 1.93 bits per heavy atom. The molecule has 1 spiro atoms. The van der Waals surface area contributed by atoms with Crippen molar-refractivity contribution in [3.63, 3.8) is 0 Å². The summed E-state index contributed by atoms with van der Waals surface area (Å²) in [5.74, 6) is 1.66. The predicted molar refractivity (Wildman–Crippen MR) is 118 cm³/mol. The van der Waals surface area contributed by atoms with Gasteiger partial charge >= 0.3 is 0 Å².